The van der Waals surface area contributed by atoms with Gasteiger partial charge in [0.05, 0.1) is 11.6 Å². The number of rotatable bonds is 5. The molecule has 0 aromatic heterocycles. The standard InChI is InChI=1S/C13H16F3N/c1-3-9-17-12(4-2)10-7-5-6-8-11(10)13(14,15)16/h4-8,12,17H,2-3,9H2,1H3. The van der Waals surface area contributed by atoms with E-state index in [-0.39, 0.29) is 5.56 Å². The van der Waals surface area contributed by atoms with Gasteiger partial charge in [-0.1, -0.05) is 31.2 Å². The molecule has 4 heteroatoms. The fourth-order valence-corrected chi connectivity index (χ4v) is 1.65. The van der Waals surface area contributed by atoms with Crippen molar-refractivity contribution in [3.8, 4) is 0 Å². The highest BCUT2D eigenvalue weighted by Gasteiger charge is 2.34. The third kappa shape index (κ3) is 3.60. The largest absolute Gasteiger partial charge is 0.416 e. The van der Waals surface area contributed by atoms with Gasteiger partial charge in [0.15, 0.2) is 0 Å². The molecular weight excluding hydrogens is 227 g/mol. The molecule has 1 rings (SSSR count). The molecule has 0 aliphatic carbocycles. The fourth-order valence-electron chi connectivity index (χ4n) is 1.65. The number of alkyl halides is 3. The maximum absolute atomic E-state index is 12.8. The SMILES string of the molecule is C=CC(NCCC)c1ccccc1C(F)(F)F. The smallest absolute Gasteiger partial charge is 0.307 e. The van der Waals surface area contributed by atoms with Gasteiger partial charge < -0.3 is 5.32 Å². The van der Waals surface area contributed by atoms with E-state index in [1.807, 2.05) is 6.92 Å². The quantitative estimate of drug-likeness (QED) is 0.772. The molecule has 0 spiro atoms. The molecule has 0 heterocycles. The summed E-state index contributed by atoms with van der Waals surface area (Å²) in [5.74, 6) is 0. The molecule has 1 unspecified atom stereocenters. The normalized spacial score (nSPS) is 13.4. The molecule has 0 amide bonds. The van der Waals surface area contributed by atoms with Gasteiger partial charge in [0.25, 0.3) is 0 Å². The van der Waals surface area contributed by atoms with E-state index >= 15 is 0 Å². The van der Waals surface area contributed by atoms with Gasteiger partial charge in [0.2, 0.25) is 0 Å². The zero-order valence-corrected chi connectivity index (χ0v) is 9.72. The van der Waals surface area contributed by atoms with E-state index in [2.05, 4.69) is 11.9 Å². The molecule has 0 radical (unpaired) electrons. The van der Waals surface area contributed by atoms with Crippen LogP contribution in [0.3, 0.4) is 0 Å². The first kappa shape index (κ1) is 13.8. The summed E-state index contributed by atoms with van der Waals surface area (Å²) in [5, 5.41) is 3.03. The summed E-state index contributed by atoms with van der Waals surface area (Å²) in [7, 11) is 0. The van der Waals surface area contributed by atoms with E-state index in [1.165, 1.54) is 18.2 Å². The first-order valence-corrected chi connectivity index (χ1v) is 5.52. The molecular formula is C13H16F3N. The molecule has 94 valence electrons. The molecule has 0 aliphatic rings. The third-order valence-electron chi connectivity index (χ3n) is 2.45. The molecule has 0 saturated carbocycles. The van der Waals surface area contributed by atoms with E-state index < -0.39 is 17.8 Å². The average molecular weight is 243 g/mol. The van der Waals surface area contributed by atoms with Gasteiger partial charge in [-0.15, -0.1) is 6.58 Å². The molecule has 1 nitrogen and oxygen atoms in total. The van der Waals surface area contributed by atoms with Crippen molar-refractivity contribution in [2.24, 2.45) is 0 Å². The highest BCUT2D eigenvalue weighted by Crippen LogP contribution is 2.34. The van der Waals surface area contributed by atoms with Gasteiger partial charge in [-0.05, 0) is 24.6 Å². The Balaban J connectivity index is 3.06. The van der Waals surface area contributed by atoms with Crippen LogP contribution in [0, 0.1) is 0 Å². The van der Waals surface area contributed by atoms with Gasteiger partial charge in [-0.3, -0.25) is 0 Å². The summed E-state index contributed by atoms with van der Waals surface area (Å²) in [4.78, 5) is 0. The van der Waals surface area contributed by atoms with Crippen molar-refractivity contribution in [3.63, 3.8) is 0 Å². The van der Waals surface area contributed by atoms with E-state index in [4.69, 9.17) is 0 Å². The molecule has 0 bridgehead atoms. The predicted octanol–water partition coefficient (Wildman–Crippen LogP) is 3.93. The van der Waals surface area contributed by atoms with Crippen LogP contribution < -0.4 is 5.32 Å². The average Bonchev–Trinajstić information content (AvgIpc) is 2.29. The maximum atomic E-state index is 12.8. The Morgan fingerprint density at radius 1 is 1.35 bits per heavy atom. The second-order valence-electron chi connectivity index (χ2n) is 3.75. The van der Waals surface area contributed by atoms with E-state index in [1.54, 1.807) is 6.07 Å². The second kappa shape index (κ2) is 5.87. The monoisotopic (exact) mass is 243 g/mol. The van der Waals surface area contributed by atoms with Crippen LogP contribution in [0.1, 0.15) is 30.5 Å². The highest BCUT2D eigenvalue weighted by molar-refractivity contribution is 5.34. The lowest BCUT2D eigenvalue weighted by atomic mass is 10.00. The van der Waals surface area contributed by atoms with Crippen LogP contribution in [0.2, 0.25) is 0 Å². The van der Waals surface area contributed by atoms with E-state index in [9.17, 15) is 13.2 Å². The number of benzene rings is 1. The minimum absolute atomic E-state index is 0.225. The van der Waals surface area contributed by atoms with Gasteiger partial charge in [-0.2, -0.15) is 13.2 Å². The second-order valence-corrected chi connectivity index (χ2v) is 3.75. The minimum Gasteiger partial charge on any atom is -0.307 e. The molecule has 1 N–H and O–H groups in total. The predicted molar refractivity (Wildman–Crippen MR) is 62.7 cm³/mol. The van der Waals surface area contributed by atoms with Crippen molar-refractivity contribution in [2.45, 2.75) is 25.6 Å². The minimum atomic E-state index is -4.33. The lowest BCUT2D eigenvalue weighted by Crippen LogP contribution is -2.23. The first-order valence-electron chi connectivity index (χ1n) is 5.52. The lowest BCUT2D eigenvalue weighted by molar-refractivity contribution is -0.138. The summed E-state index contributed by atoms with van der Waals surface area (Å²) < 4.78 is 38.4. The lowest BCUT2D eigenvalue weighted by Gasteiger charge is -2.19. The summed E-state index contributed by atoms with van der Waals surface area (Å²) >= 11 is 0. The fraction of sp³-hybridized carbons (Fsp3) is 0.385. The molecule has 0 saturated heterocycles. The number of hydrogen-bond donors (Lipinski definition) is 1. The Labute approximate surface area is 99.3 Å². The third-order valence-corrected chi connectivity index (χ3v) is 2.45. The Morgan fingerprint density at radius 3 is 2.53 bits per heavy atom. The van der Waals surface area contributed by atoms with Crippen LogP contribution in [0.4, 0.5) is 13.2 Å². The Hall–Kier alpha value is -1.29. The first-order chi connectivity index (χ1) is 8.00. The molecule has 1 aromatic carbocycles. The van der Waals surface area contributed by atoms with Crippen molar-refractivity contribution in [3.05, 3.63) is 48.0 Å². The van der Waals surface area contributed by atoms with Gasteiger partial charge in [0.1, 0.15) is 0 Å². The van der Waals surface area contributed by atoms with Crippen molar-refractivity contribution < 1.29 is 13.2 Å². The van der Waals surface area contributed by atoms with Crippen LogP contribution in [0.25, 0.3) is 0 Å². The van der Waals surface area contributed by atoms with Crippen LogP contribution in [0.5, 0.6) is 0 Å². The summed E-state index contributed by atoms with van der Waals surface area (Å²) in [6, 6.07) is 5.12. The highest BCUT2D eigenvalue weighted by atomic mass is 19.4. The Kier molecular flexibility index (Phi) is 4.75. The zero-order chi connectivity index (χ0) is 12.9. The van der Waals surface area contributed by atoms with Crippen molar-refractivity contribution in [1.82, 2.24) is 5.32 Å². The van der Waals surface area contributed by atoms with Crippen LogP contribution in [-0.4, -0.2) is 6.54 Å². The van der Waals surface area contributed by atoms with E-state index in [0.717, 1.165) is 12.5 Å². The zero-order valence-electron chi connectivity index (χ0n) is 9.72. The number of hydrogen-bond acceptors (Lipinski definition) is 1. The van der Waals surface area contributed by atoms with Gasteiger partial charge in [0, 0.05) is 0 Å². The van der Waals surface area contributed by atoms with Crippen LogP contribution in [-0.2, 0) is 6.18 Å². The van der Waals surface area contributed by atoms with Crippen molar-refractivity contribution in [1.29, 1.82) is 0 Å². The summed E-state index contributed by atoms with van der Waals surface area (Å²) in [5.41, 5.74) is -0.378. The van der Waals surface area contributed by atoms with Gasteiger partial charge >= 0.3 is 6.18 Å². The molecule has 0 fully saturated rings. The number of nitrogens with one attached hydrogen (secondary N) is 1. The van der Waals surface area contributed by atoms with Crippen LogP contribution >= 0.6 is 0 Å². The summed E-state index contributed by atoms with van der Waals surface area (Å²) in [6.07, 6.45) is -1.97. The molecule has 0 aliphatic heterocycles. The maximum Gasteiger partial charge on any atom is 0.416 e. The van der Waals surface area contributed by atoms with Crippen molar-refractivity contribution >= 4 is 0 Å². The van der Waals surface area contributed by atoms with Crippen LogP contribution in [0.15, 0.2) is 36.9 Å². The van der Waals surface area contributed by atoms with E-state index in [0.29, 0.717) is 6.54 Å². The summed E-state index contributed by atoms with van der Waals surface area (Å²) in [6.45, 7) is 6.20. The Morgan fingerprint density at radius 2 is 2.00 bits per heavy atom. The molecule has 1 aromatic rings. The molecule has 17 heavy (non-hydrogen) atoms. The molecule has 1 atom stereocenters. The van der Waals surface area contributed by atoms with Gasteiger partial charge in [-0.25, -0.2) is 0 Å². The Bertz CT molecular complexity index is 371. The number of halogens is 3. The van der Waals surface area contributed by atoms with Crippen molar-refractivity contribution in [2.75, 3.05) is 6.54 Å². The topological polar surface area (TPSA) is 12.0 Å².